The van der Waals surface area contributed by atoms with Crippen LogP contribution in [0.1, 0.15) is 18.9 Å². The molecule has 0 aliphatic carbocycles. The molecule has 110 valence electrons. The number of likely N-dealkylation sites (N-methyl/N-ethyl adjacent to an activating group) is 1. The minimum atomic E-state index is -0.744. The van der Waals surface area contributed by atoms with Crippen molar-refractivity contribution in [3.63, 3.8) is 0 Å². The Morgan fingerprint density at radius 3 is 2.70 bits per heavy atom. The number of rotatable bonds is 5. The first-order chi connectivity index (χ1) is 9.56. The fourth-order valence-electron chi connectivity index (χ4n) is 3.19. The molecular formula is C16H24N2O2. The largest absolute Gasteiger partial charge is 0.480 e. The number of likely N-dealkylation sites (tertiary alicyclic amines) is 1. The van der Waals surface area contributed by atoms with Crippen molar-refractivity contribution < 1.29 is 9.90 Å². The molecule has 1 aromatic rings. The van der Waals surface area contributed by atoms with Crippen molar-refractivity contribution in [1.82, 2.24) is 9.80 Å². The predicted molar refractivity (Wildman–Crippen MR) is 79.6 cm³/mol. The van der Waals surface area contributed by atoms with E-state index in [1.807, 2.05) is 18.0 Å². The molecule has 1 saturated heterocycles. The van der Waals surface area contributed by atoms with Crippen LogP contribution in [-0.4, -0.2) is 53.6 Å². The maximum atomic E-state index is 10.8. The molecule has 1 aliphatic rings. The summed E-state index contributed by atoms with van der Waals surface area (Å²) in [6.45, 7) is 5.41. The highest BCUT2D eigenvalue weighted by Crippen LogP contribution is 2.22. The van der Waals surface area contributed by atoms with Crippen LogP contribution >= 0.6 is 0 Å². The lowest BCUT2D eigenvalue weighted by Gasteiger charge is -2.40. The Kier molecular flexibility index (Phi) is 5.15. The number of piperidine rings is 1. The fourth-order valence-corrected chi connectivity index (χ4v) is 3.19. The number of nitrogens with zero attached hydrogens (tertiary/aromatic N) is 2. The summed E-state index contributed by atoms with van der Waals surface area (Å²) in [6, 6.07) is 10.9. The Labute approximate surface area is 121 Å². The van der Waals surface area contributed by atoms with Crippen molar-refractivity contribution in [3.8, 4) is 0 Å². The molecule has 0 radical (unpaired) electrons. The van der Waals surface area contributed by atoms with Gasteiger partial charge in [0, 0.05) is 19.1 Å². The zero-order valence-electron chi connectivity index (χ0n) is 12.3. The molecule has 1 heterocycles. The van der Waals surface area contributed by atoms with Gasteiger partial charge in [0.1, 0.15) is 0 Å². The summed E-state index contributed by atoms with van der Waals surface area (Å²) in [5.41, 5.74) is 1.34. The molecule has 0 spiro atoms. The molecule has 1 fully saturated rings. The molecule has 4 nitrogen and oxygen atoms in total. The first kappa shape index (κ1) is 15.0. The van der Waals surface area contributed by atoms with E-state index in [1.54, 1.807) is 0 Å². The summed E-state index contributed by atoms with van der Waals surface area (Å²) >= 11 is 0. The Morgan fingerprint density at radius 1 is 1.40 bits per heavy atom. The van der Waals surface area contributed by atoms with Gasteiger partial charge >= 0.3 is 5.97 Å². The molecular weight excluding hydrogens is 252 g/mol. The van der Waals surface area contributed by atoms with E-state index >= 15 is 0 Å². The van der Waals surface area contributed by atoms with Gasteiger partial charge in [-0.15, -0.1) is 0 Å². The SMILES string of the molecule is C[C@H]1CN(Cc2ccccc2)CC[C@H]1N(C)CC(=O)O. The van der Waals surface area contributed by atoms with E-state index in [0.717, 1.165) is 26.1 Å². The van der Waals surface area contributed by atoms with Crippen LogP contribution in [0.3, 0.4) is 0 Å². The number of hydrogen-bond donors (Lipinski definition) is 1. The zero-order valence-corrected chi connectivity index (χ0v) is 12.3. The molecule has 4 heteroatoms. The van der Waals surface area contributed by atoms with Crippen LogP contribution in [0.25, 0.3) is 0 Å². The minimum Gasteiger partial charge on any atom is -0.480 e. The predicted octanol–water partition coefficient (Wildman–Crippen LogP) is 1.91. The van der Waals surface area contributed by atoms with Crippen molar-refractivity contribution in [3.05, 3.63) is 35.9 Å². The summed E-state index contributed by atoms with van der Waals surface area (Å²) in [4.78, 5) is 15.3. The van der Waals surface area contributed by atoms with E-state index in [2.05, 4.69) is 36.1 Å². The van der Waals surface area contributed by atoms with Crippen LogP contribution in [0, 0.1) is 5.92 Å². The summed E-state index contributed by atoms with van der Waals surface area (Å²) in [7, 11) is 1.92. The highest BCUT2D eigenvalue weighted by atomic mass is 16.4. The third-order valence-electron chi connectivity index (χ3n) is 4.14. The van der Waals surface area contributed by atoms with Gasteiger partial charge in [0.05, 0.1) is 6.54 Å². The standard InChI is InChI=1S/C16H24N2O2/c1-13-10-18(11-14-6-4-3-5-7-14)9-8-15(13)17(2)12-16(19)20/h3-7,13,15H,8-12H2,1-2H3,(H,19,20)/t13-,15+/m0/s1. The van der Waals surface area contributed by atoms with Crippen molar-refractivity contribution in [1.29, 1.82) is 0 Å². The monoisotopic (exact) mass is 276 g/mol. The van der Waals surface area contributed by atoms with Gasteiger partial charge in [-0.3, -0.25) is 14.6 Å². The molecule has 0 saturated carbocycles. The topological polar surface area (TPSA) is 43.8 Å². The highest BCUT2D eigenvalue weighted by molar-refractivity contribution is 5.69. The lowest BCUT2D eigenvalue weighted by Crippen LogP contribution is -2.49. The second-order valence-electron chi connectivity index (χ2n) is 5.86. The summed E-state index contributed by atoms with van der Waals surface area (Å²) < 4.78 is 0. The Bertz CT molecular complexity index is 435. The molecule has 20 heavy (non-hydrogen) atoms. The van der Waals surface area contributed by atoms with E-state index in [4.69, 9.17) is 5.11 Å². The van der Waals surface area contributed by atoms with Crippen molar-refractivity contribution in [2.45, 2.75) is 25.9 Å². The molecule has 0 unspecified atom stereocenters. The maximum absolute atomic E-state index is 10.8. The van der Waals surface area contributed by atoms with E-state index < -0.39 is 5.97 Å². The fraction of sp³-hybridized carbons (Fsp3) is 0.562. The maximum Gasteiger partial charge on any atom is 0.317 e. The van der Waals surface area contributed by atoms with Gasteiger partial charge in [0.25, 0.3) is 0 Å². The first-order valence-electron chi connectivity index (χ1n) is 7.24. The third-order valence-corrected chi connectivity index (χ3v) is 4.14. The van der Waals surface area contributed by atoms with Crippen LogP contribution in [0.2, 0.25) is 0 Å². The van der Waals surface area contributed by atoms with Gasteiger partial charge in [0.2, 0.25) is 0 Å². The van der Waals surface area contributed by atoms with Gasteiger partial charge in [-0.05, 0) is 31.5 Å². The molecule has 1 aromatic carbocycles. The minimum absolute atomic E-state index is 0.133. The molecule has 0 bridgehead atoms. The first-order valence-corrected chi connectivity index (χ1v) is 7.24. The molecule has 2 atom stereocenters. The van der Waals surface area contributed by atoms with E-state index in [0.29, 0.717) is 12.0 Å². The Hall–Kier alpha value is -1.39. The quantitative estimate of drug-likeness (QED) is 0.892. The van der Waals surface area contributed by atoms with E-state index in [9.17, 15) is 4.79 Å². The van der Waals surface area contributed by atoms with Gasteiger partial charge in [-0.2, -0.15) is 0 Å². The van der Waals surface area contributed by atoms with E-state index in [1.165, 1.54) is 5.56 Å². The van der Waals surface area contributed by atoms with Crippen LogP contribution in [-0.2, 0) is 11.3 Å². The van der Waals surface area contributed by atoms with Crippen LogP contribution in [0.4, 0.5) is 0 Å². The normalized spacial score (nSPS) is 23.9. The Morgan fingerprint density at radius 2 is 2.10 bits per heavy atom. The zero-order chi connectivity index (χ0) is 14.5. The number of hydrogen-bond acceptors (Lipinski definition) is 3. The van der Waals surface area contributed by atoms with E-state index in [-0.39, 0.29) is 6.54 Å². The van der Waals surface area contributed by atoms with Crippen molar-refractivity contribution >= 4 is 5.97 Å². The molecule has 0 aromatic heterocycles. The van der Waals surface area contributed by atoms with Gasteiger partial charge in [0.15, 0.2) is 0 Å². The second-order valence-corrected chi connectivity index (χ2v) is 5.86. The molecule has 1 N–H and O–H groups in total. The van der Waals surface area contributed by atoms with Gasteiger partial charge in [-0.25, -0.2) is 0 Å². The number of aliphatic carboxylic acids is 1. The van der Waals surface area contributed by atoms with Crippen LogP contribution in [0.15, 0.2) is 30.3 Å². The number of carboxylic acid groups (broad SMARTS) is 1. The lowest BCUT2D eigenvalue weighted by atomic mass is 9.92. The number of carbonyl (C=O) groups is 1. The molecule has 2 rings (SSSR count). The van der Waals surface area contributed by atoms with Gasteiger partial charge in [-0.1, -0.05) is 37.3 Å². The second kappa shape index (κ2) is 6.86. The number of carboxylic acids is 1. The summed E-state index contributed by atoms with van der Waals surface area (Å²) in [5.74, 6) is -0.247. The average Bonchev–Trinajstić information content (AvgIpc) is 2.39. The van der Waals surface area contributed by atoms with Crippen molar-refractivity contribution in [2.75, 3.05) is 26.7 Å². The number of benzene rings is 1. The lowest BCUT2D eigenvalue weighted by molar-refractivity contribution is -0.139. The smallest absolute Gasteiger partial charge is 0.317 e. The van der Waals surface area contributed by atoms with Crippen LogP contribution in [0.5, 0.6) is 0 Å². The third kappa shape index (κ3) is 4.05. The molecule has 0 amide bonds. The highest BCUT2D eigenvalue weighted by Gasteiger charge is 2.29. The molecule has 1 aliphatic heterocycles. The van der Waals surface area contributed by atoms with Crippen molar-refractivity contribution in [2.24, 2.45) is 5.92 Å². The Balaban J connectivity index is 1.87. The van der Waals surface area contributed by atoms with Gasteiger partial charge < -0.3 is 5.11 Å². The van der Waals surface area contributed by atoms with Crippen LogP contribution < -0.4 is 0 Å². The average molecular weight is 276 g/mol. The summed E-state index contributed by atoms with van der Waals surface area (Å²) in [6.07, 6.45) is 1.04. The summed E-state index contributed by atoms with van der Waals surface area (Å²) in [5, 5.41) is 8.90.